The van der Waals surface area contributed by atoms with E-state index in [0.29, 0.717) is 0 Å². The van der Waals surface area contributed by atoms with Crippen LogP contribution in [-0.4, -0.2) is 4.57 Å². The maximum atomic E-state index is 2.50. The van der Waals surface area contributed by atoms with Crippen molar-refractivity contribution in [3.05, 3.63) is 210 Å². The Bertz CT molecular complexity index is 2840. The molecule has 244 valence electrons. The molecule has 1 atom stereocenters. The predicted octanol–water partition coefficient (Wildman–Crippen LogP) is 13.4. The van der Waals surface area contributed by atoms with Crippen LogP contribution < -0.4 is 0 Å². The first-order chi connectivity index (χ1) is 25.8. The summed E-state index contributed by atoms with van der Waals surface area (Å²) in [5.41, 5.74) is 13.5. The van der Waals surface area contributed by atoms with Crippen molar-refractivity contribution in [3.63, 3.8) is 0 Å². The predicted molar refractivity (Wildman–Crippen MR) is 218 cm³/mol. The van der Waals surface area contributed by atoms with E-state index in [0.717, 1.165) is 0 Å². The van der Waals surface area contributed by atoms with E-state index >= 15 is 0 Å². The molecule has 8 aromatic carbocycles. The van der Waals surface area contributed by atoms with Gasteiger partial charge in [0.25, 0.3) is 0 Å². The summed E-state index contributed by atoms with van der Waals surface area (Å²) in [5.74, 6) is 0. The molecule has 1 spiro atoms. The zero-order chi connectivity index (χ0) is 34.2. The van der Waals surface area contributed by atoms with E-state index in [1.165, 1.54) is 91.6 Å². The van der Waals surface area contributed by atoms with Gasteiger partial charge < -0.3 is 4.57 Å². The minimum Gasteiger partial charge on any atom is -0.309 e. The molecule has 2 aliphatic heterocycles. The van der Waals surface area contributed by atoms with E-state index < -0.39 is 5.41 Å². The summed E-state index contributed by atoms with van der Waals surface area (Å²) in [6.07, 6.45) is 0. The van der Waals surface area contributed by atoms with Gasteiger partial charge >= 0.3 is 0 Å². The second-order valence-corrected chi connectivity index (χ2v) is 15.8. The average molecular weight is 698 g/mol. The molecular formula is C49H31NS2. The lowest BCUT2D eigenvalue weighted by atomic mass is 9.64. The summed E-state index contributed by atoms with van der Waals surface area (Å²) >= 11 is 3.81. The van der Waals surface area contributed by atoms with Crippen molar-refractivity contribution in [2.45, 2.75) is 25.0 Å². The Hall–Kier alpha value is -5.74. The molecule has 0 saturated heterocycles. The van der Waals surface area contributed by atoms with Crippen LogP contribution in [0.1, 0.15) is 22.3 Å². The molecule has 1 unspecified atom stereocenters. The van der Waals surface area contributed by atoms with Crippen molar-refractivity contribution in [2.75, 3.05) is 0 Å². The number of benzene rings is 8. The van der Waals surface area contributed by atoms with Crippen molar-refractivity contribution in [2.24, 2.45) is 0 Å². The van der Waals surface area contributed by atoms with Crippen LogP contribution in [0.15, 0.2) is 208 Å². The van der Waals surface area contributed by atoms with Gasteiger partial charge in [0.1, 0.15) is 0 Å². The zero-order valence-corrected chi connectivity index (χ0v) is 29.8. The highest BCUT2D eigenvalue weighted by atomic mass is 32.2. The Morgan fingerprint density at radius 3 is 1.77 bits per heavy atom. The van der Waals surface area contributed by atoms with Gasteiger partial charge in [-0.3, -0.25) is 0 Å². The van der Waals surface area contributed by atoms with Crippen LogP contribution in [0.3, 0.4) is 0 Å². The summed E-state index contributed by atoms with van der Waals surface area (Å²) in [6, 6.07) is 69.7. The van der Waals surface area contributed by atoms with Crippen LogP contribution in [0.5, 0.6) is 0 Å². The normalized spacial score (nSPS) is 15.6. The first kappa shape index (κ1) is 29.9. The van der Waals surface area contributed by atoms with Crippen LogP contribution in [0.2, 0.25) is 0 Å². The number of para-hydroxylation sites is 2. The van der Waals surface area contributed by atoms with Gasteiger partial charge in [0.05, 0.1) is 16.4 Å². The molecule has 1 aromatic heterocycles. The molecule has 9 aromatic rings. The maximum Gasteiger partial charge on any atom is 0.0745 e. The number of fused-ring (bicyclic) bond motifs is 11. The van der Waals surface area contributed by atoms with Gasteiger partial charge in [-0.2, -0.15) is 0 Å². The third kappa shape index (κ3) is 4.27. The lowest BCUT2D eigenvalue weighted by Crippen LogP contribution is -2.36. The van der Waals surface area contributed by atoms with Crippen molar-refractivity contribution in [1.29, 1.82) is 0 Å². The van der Waals surface area contributed by atoms with Crippen LogP contribution in [0.25, 0.3) is 49.7 Å². The Morgan fingerprint density at radius 2 is 0.962 bits per heavy atom. The van der Waals surface area contributed by atoms with Crippen LogP contribution >= 0.6 is 23.5 Å². The molecule has 0 saturated carbocycles. The third-order valence-electron chi connectivity index (χ3n) is 10.9. The molecule has 0 radical (unpaired) electrons. The van der Waals surface area contributed by atoms with Crippen molar-refractivity contribution >= 4 is 45.3 Å². The van der Waals surface area contributed by atoms with Crippen LogP contribution in [-0.2, 0) is 5.41 Å². The van der Waals surface area contributed by atoms with Crippen molar-refractivity contribution < 1.29 is 0 Å². The van der Waals surface area contributed by atoms with Gasteiger partial charge in [-0.15, -0.1) is 0 Å². The maximum absolute atomic E-state index is 2.50. The van der Waals surface area contributed by atoms with E-state index in [4.69, 9.17) is 0 Å². The van der Waals surface area contributed by atoms with Gasteiger partial charge in [0.15, 0.2) is 0 Å². The van der Waals surface area contributed by atoms with Crippen molar-refractivity contribution in [3.8, 4) is 27.9 Å². The molecule has 0 bridgehead atoms. The summed E-state index contributed by atoms with van der Waals surface area (Å²) in [4.78, 5) is 5.26. The molecule has 0 fully saturated rings. The average Bonchev–Trinajstić information content (AvgIpc) is 3.55. The summed E-state index contributed by atoms with van der Waals surface area (Å²) in [5, 5.41) is 2.54. The first-order valence-electron chi connectivity index (χ1n) is 17.8. The molecular weight excluding hydrogens is 667 g/mol. The minimum atomic E-state index is -0.488. The van der Waals surface area contributed by atoms with E-state index in [2.05, 4.69) is 193 Å². The van der Waals surface area contributed by atoms with Gasteiger partial charge in [-0.1, -0.05) is 163 Å². The molecule has 52 heavy (non-hydrogen) atoms. The molecule has 3 heterocycles. The fourth-order valence-corrected chi connectivity index (χ4v) is 11.2. The zero-order valence-electron chi connectivity index (χ0n) is 28.2. The molecule has 1 nitrogen and oxygen atoms in total. The van der Waals surface area contributed by atoms with Crippen LogP contribution in [0.4, 0.5) is 0 Å². The first-order valence-corrected chi connectivity index (χ1v) is 19.4. The summed E-state index contributed by atoms with van der Waals surface area (Å²) < 4.78 is 2.41. The van der Waals surface area contributed by atoms with Crippen molar-refractivity contribution in [1.82, 2.24) is 4.57 Å². The molecule has 0 aliphatic carbocycles. The second kappa shape index (κ2) is 11.6. The summed E-state index contributed by atoms with van der Waals surface area (Å²) in [7, 11) is 0. The fourth-order valence-electron chi connectivity index (χ4n) is 8.71. The number of nitrogens with zero attached hydrogens (tertiary/aromatic N) is 1. The summed E-state index contributed by atoms with van der Waals surface area (Å²) in [6.45, 7) is 0. The second-order valence-electron chi connectivity index (χ2n) is 13.6. The SMILES string of the molecule is c1ccc(-c2cccc3c2Sc2ccccc2C32c3ccccc3Sc3ccc(-c4ccc5c6ccccc6n(-c6ccccc6)c5c4)cc32)cc1. The fraction of sp³-hybridized carbons (Fsp3) is 0.0204. The van der Waals surface area contributed by atoms with E-state index in [-0.39, 0.29) is 0 Å². The van der Waals surface area contributed by atoms with E-state index in [1.807, 2.05) is 23.5 Å². The Balaban J connectivity index is 1.20. The minimum absolute atomic E-state index is 0.488. The monoisotopic (exact) mass is 697 g/mol. The third-order valence-corrected chi connectivity index (χ3v) is 13.3. The standard InChI is InChI=1S/C49H31NS2/c1-3-14-32(15-4-1)36-19-13-22-41-48(36)52-46-25-12-9-21-40(46)49(41)39-20-8-11-24-45(39)51-47-29-27-33(30-42(47)49)34-26-28-38-37-18-7-10-23-43(37)50(44(38)31-34)35-16-5-2-6-17-35/h1-31H. The van der Waals surface area contributed by atoms with E-state index in [1.54, 1.807) is 0 Å². The number of hydrogen-bond donors (Lipinski definition) is 0. The van der Waals surface area contributed by atoms with Gasteiger partial charge in [-0.05, 0) is 93.0 Å². The number of aromatic nitrogens is 1. The van der Waals surface area contributed by atoms with Gasteiger partial charge in [0.2, 0.25) is 0 Å². The lowest BCUT2D eigenvalue weighted by Gasteiger charge is -2.46. The number of hydrogen-bond acceptors (Lipinski definition) is 2. The molecule has 3 heteroatoms. The highest BCUT2D eigenvalue weighted by molar-refractivity contribution is 8.00. The molecule has 0 amide bonds. The smallest absolute Gasteiger partial charge is 0.0745 e. The van der Waals surface area contributed by atoms with E-state index in [9.17, 15) is 0 Å². The Kier molecular flexibility index (Phi) is 6.70. The van der Waals surface area contributed by atoms with Gasteiger partial charge in [0, 0.05) is 36.0 Å². The quantitative estimate of drug-likeness (QED) is 0.181. The largest absolute Gasteiger partial charge is 0.309 e. The molecule has 11 rings (SSSR count). The lowest BCUT2D eigenvalue weighted by molar-refractivity contribution is 0.668. The molecule has 0 N–H and O–H groups in total. The van der Waals surface area contributed by atoms with Gasteiger partial charge in [-0.25, -0.2) is 0 Å². The number of rotatable bonds is 3. The van der Waals surface area contributed by atoms with Crippen LogP contribution in [0, 0.1) is 0 Å². The Morgan fingerprint density at radius 1 is 0.365 bits per heavy atom. The Labute approximate surface area is 311 Å². The highest BCUT2D eigenvalue weighted by Crippen LogP contribution is 2.63. The highest BCUT2D eigenvalue weighted by Gasteiger charge is 2.49. The molecule has 2 aliphatic rings. The topological polar surface area (TPSA) is 4.93 Å².